The maximum Gasteiger partial charge on any atom is 0.125 e. The third kappa shape index (κ3) is 2.35. The summed E-state index contributed by atoms with van der Waals surface area (Å²) in [5.74, 6) is 0. The van der Waals surface area contributed by atoms with Crippen LogP contribution in [-0.2, 0) is 6.42 Å². The Morgan fingerprint density at radius 3 is 2.67 bits per heavy atom. The monoisotopic (exact) mass is 263 g/mol. The lowest BCUT2D eigenvalue weighted by Crippen LogP contribution is -2.04. The van der Waals surface area contributed by atoms with Gasteiger partial charge in [-0.2, -0.15) is 0 Å². The van der Waals surface area contributed by atoms with Gasteiger partial charge in [0, 0.05) is 34.8 Å². The molecule has 98 valence electrons. The number of thiazole rings is 1. The minimum atomic E-state index is 0.488. The molecule has 0 saturated carbocycles. The first-order valence-corrected chi connectivity index (χ1v) is 7.25. The normalized spacial score (nSPS) is 11.4. The van der Waals surface area contributed by atoms with Crippen molar-refractivity contribution in [1.29, 1.82) is 0 Å². The van der Waals surface area contributed by atoms with E-state index < -0.39 is 0 Å². The number of rotatable bonds is 4. The number of hydrogen-bond acceptors (Lipinski definition) is 3. The number of aromatic nitrogens is 2. The molecule has 0 amide bonds. The Kier molecular flexibility index (Phi) is 3.88. The van der Waals surface area contributed by atoms with Crippen molar-refractivity contribution < 1.29 is 0 Å². The Morgan fingerprint density at radius 2 is 2.11 bits per heavy atom. The van der Waals surface area contributed by atoms with Crippen molar-refractivity contribution in [1.82, 2.24) is 9.55 Å². The molecule has 4 heteroatoms. The van der Waals surface area contributed by atoms with Gasteiger partial charge in [-0.05, 0) is 40.3 Å². The summed E-state index contributed by atoms with van der Waals surface area (Å²) < 4.78 is 2.36. The van der Waals surface area contributed by atoms with Crippen molar-refractivity contribution in [3.05, 3.63) is 28.5 Å². The smallest absolute Gasteiger partial charge is 0.125 e. The van der Waals surface area contributed by atoms with Crippen LogP contribution in [0.25, 0.3) is 10.6 Å². The van der Waals surface area contributed by atoms with Gasteiger partial charge in [0.1, 0.15) is 5.01 Å². The summed E-state index contributed by atoms with van der Waals surface area (Å²) in [5, 5.41) is 3.22. The molecule has 2 heterocycles. The third-order valence-electron chi connectivity index (χ3n) is 3.18. The first kappa shape index (κ1) is 13.3. The molecule has 2 aromatic rings. The van der Waals surface area contributed by atoms with Crippen LogP contribution < -0.4 is 5.73 Å². The molecule has 0 saturated heterocycles. The molecule has 0 fully saturated rings. The summed E-state index contributed by atoms with van der Waals surface area (Å²) >= 11 is 1.71. The Morgan fingerprint density at radius 1 is 1.39 bits per heavy atom. The summed E-state index contributed by atoms with van der Waals surface area (Å²) in [6.07, 6.45) is 0.861. The van der Waals surface area contributed by atoms with E-state index in [0.717, 1.165) is 17.1 Å². The van der Waals surface area contributed by atoms with E-state index in [9.17, 15) is 0 Å². The minimum absolute atomic E-state index is 0.488. The summed E-state index contributed by atoms with van der Waals surface area (Å²) in [5.41, 5.74) is 10.5. The molecular weight excluding hydrogens is 242 g/mol. The zero-order chi connectivity index (χ0) is 13.3. The number of hydrogen-bond donors (Lipinski definition) is 1. The van der Waals surface area contributed by atoms with Crippen LogP contribution in [0.4, 0.5) is 0 Å². The molecule has 0 aliphatic rings. The Balaban J connectivity index is 2.41. The van der Waals surface area contributed by atoms with Crippen LogP contribution in [0, 0.1) is 13.8 Å². The van der Waals surface area contributed by atoms with Crippen LogP contribution in [0.1, 0.15) is 37.0 Å². The van der Waals surface area contributed by atoms with Crippen molar-refractivity contribution in [3.8, 4) is 10.6 Å². The van der Waals surface area contributed by atoms with Gasteiger partial charge in [0.05, 0.1) is 5.69 Å². The zero-order valence-corrected chi connectivity index (χ0v) is 12.3. The highest BCUT2D eigenvalue weighted by Crippen LogP contribution is 2.31. The lowest BCUT2D eigenvalue weighted by Gasteiger charge is -2.13. The fourth-order valence-electron chi connectivity index (χ4n) is 2.48. The van der Waals surface area contributed by atoms with Gasteiger partial charge in [-0.3, -0.25) is 0 Å². The second-order valence-corrected chi connectivity index (χ2v) is 5.79. The van der Waals surface area contributed by atoms with Gasteiger partial charge in [0.25, 0.3) is 0 Å². The van der Waals surface area contributed by atoms with Crippen molar-refractivity contribution in [2.45, 2.75) is 40.2 Å². The highest BCUT2D eigenvalue weighted by Gasteiger charge is 2.15. The van der Waals surface area contributed by atoms with Crippen LogP contribution in [0.2, 0.25) is 0 Å². The van der Waals surface area contributed by atoms with E-state index in [2.05, 4.69) is 48.7 Å². The van der Waals surface area contributed by atoms with Crippen LogP contribution in [0.3, 0.4) is 0 Å². The summed E-state index contributed by atoms with van der Waals surface area (Å²) in [7, 11) is 0. The highest BCUT2D eigenvalue weighted by atomic mass is 32.1. The first-order chi connectivity index (χ1) is 8.54. The molecule has 2 aromatic heterocycles. The molecule has 0 bridgehead atoms. The first-order valence-electron chi connectivity index (χ1n) is 6.37. The molecule has 2 N–H and O–H groups in total. The van der Waals surface area contributed by atoms with Gasteiger partial charge in [0.2, 0.25) is 0 Å². The molecule has 3 nitrogen and oxygen atoms in total. The average Bonchev–Trinajstić information content (AvgIpc) is 2.84. The largest absolute Gasteiger partial charge is 0.346 e. The van der Waals surface area contributed by atoms with Crippen LogP contribution in [0.5, 0.6) is 0 Å². The summed E-state index contributed by atoms with van der Waals surface area (Å²) in [6, 6.07) is 2.72. The van der Waals surface area contributed by atoms with Crippen molar-refractivity contribution in [2.24, 2.45) is 5.73 Å². The fraction of sp³-hybridized carbons (Fsp3) is 0.500. The average molecular weight is 263 g/mol. The predicted molar refractivity (Wildman–Crippen MR) is 78.2 cm³/mol. The van der Waals surface area contributed by atoms with Crippen molar-refractivity contribution >= 4 is 11.3 Å². The minimum Gasteiger partial charge on any atom is -0.346 e. The zero-order valence-electron chi connectivity index (χ0n) is 11.5. The van der Waals surface area contributed by atoms with Crippen LogP contribution in [-0.4, -0.2) is 16.1 Å². The van der Waals surface area contributed by atoms with Gasteiger partial charge in [-0.1, -0.05) is 0 Å². The highest BCUT2D eigenvalue weighted by molar-refractivity contribution is 7.13. The predicted octanol–water partition coefficient (Wildman–Crippen LogP) is 3.31. The topological polar surface area (TPSA) is 43.8 Å². The Hall–Kier alpha value is -1.13. The van der Waals surface area contributed by atoms with E-state index in [1.807, 2.05) is 0 Å². The number of nitrogens with zero attached hydrogens (tertiary/aromatic N) is 2. The van der Waals surface area contributed by atoms with Crippen LogP contribution >= 0.6 is 11.3 Å². The van der Waals surface area contributed by atoms with Gasteiger partial charge < -0.3 is 10.3 Å². The van der Waals surface area contributed by atoms with Gasteiger partial charge in [0.15, 0.2) is 0 Å². The van der Waals surface area contributed by atoms with Crippen molar-refractivity contribution in [2.75, 3.05) is 6.54 Å². The SMILES string of the molecule is Cc1cc(-c2nc(CCN)cs2)c(C)n1C(C)C. The third-order valence-corrected chi connectivity index (χ3v) is 4.11. The van der Waals surface area contributed by atoms with E-state index in [0.29, 0.717) is 12.6 Å². The number of aryl methyl sites for hydroxylation is 1. The molecule has 18 heavy (non-hydrogen) atoms. The maximum absolute atomic E-state index is 5.57. The molecule has 0 aliphatic carbocycles. The van der Waals surface area contributed by atoms with Crippen LogP contribution in [0.15, 0.2) is 11.4 Å². The Labute approximate surface area is 113 Å². The maximum atomic E-state index is 5.57. The quantitative estimate of drug-likeness (QED) is 0.919. The van der Waals surface area contributed by atoms with E-state index >= 15 is 0 Å². The molecule has 0 radical (unpaired) electrons. The molecule has 0 atom stereocenters. The molecule has 2 rings (SSSR count). The van der Waals surface area contributed by atoms with Gasteiger partial charge in [-0.25, -0.2) is 4.98 Å². The standard InChI is InChI=1S/C14H21N3S/c1-9(2)17-10(3)7-13(11(17)4)14-16-12(5-6-15)8-18-14/h7-9H,5-6,15H2,1-4H3. The fourth-order valence-corrected chi connectivity index (χ4v) is 3.40. The molecule has 0 aliphatic heterocycles. The van der Waals surface area contributed by atoms with Crippen molar-refractivity contribution in [3.63, 3.8) is 0 Å². The second-order valence-electron chi connectivity index (χ2n) is 4.93. The molecule has 0 unspecified atom stereocenters. The Bertz CT molecular complexity index is 537. The number of nitrogens with two attached hydrogens (primary N) is 1. The van der Waals surface area contributed by atoms with E-state index in [-0.39, 0.29) is 0 Å². The summed E-state index contributed by atoms with van der Waals surface area (Å²) in [6.45, 7) is 9.42. The molecule has 0 spiro atoms. The lowest BCUT2D eigenvalue weighted by molar-refractivity contribution is 0.575. The molecular formula is C14H21N3S. The van der Waals surface area contributed by atoms with Gasteiger partial charge >= 0.3 is 0 Å². The molecule has 0 aromatic carbocycles. The summed E-state index contributed by atoms with van der Waals surface area (Å²) in [4.78, 5) is 4.67. The lowest BCUT2D eigenvalue weighted by atomic mass is 10.2. The second kappa shape index (κ2) is 5.24. The van der Waals surface area contributed by atoms with E-state index in [1.165, 1.54) is 17.0 Å². The van der Waals surface area contributed by atoms with E-state index in [4.69, 9.17) is 5.73 Å². The van der Waals surface area contributed by atoms with E-state index in [1.54, 1.807) is 11.3 Å². The van der Waals surface area contributed by atoms with Gasteiger partial charge in [-0.15, -0.1) is 11.3 Å².